The fourth-order valence-corrected chi connectivity index (χ4v) is 6.24. The molecular weight excluding hydrogens is 400 g/mol. The summed E-state index contributed by atoms with van der Waals surface area (Å²) in [5.41, 5.74) is 6.78. The van der Waals surface area contributed by atoms with Crippen molar-refractivity contribution < 1.29 is 19.2 Å². The Kier molecular flexibility index (Phi) is 6.09. The number of methoxy groups -OCH3 is 1. The average molecular weight is 437 g/mol. The van der Waals surface area contributed by atoms with E-state index in [1.54, 1.807) is 4.90 Å². The number of amides is 2. The van der Waals surface area contributed by atoms with Crippen LogP contribution in [0.25, 0.3) is 0 Å². The van der Waals surface area contributed by atoms with Gasteiger partial charge in [-0.05, 0) is 50.4 Å². The lowest BCUT2D eigenvalue weighted by Crippen LogP contribution is -2.52. The van der Waals surface area contributed by atoms with E-state index in [9.17, 15) is 9.59 Å². The number of piperidine rings is 1. The Morgan fingerprint density at radius 3 is 2.55 bits per heavy atom. The number of hydrogen-bond acceptors (Lipinski definition) is 8. The molecule has 5 fully saturated rings. The summed E-state index contributed by atoms with van der Waals surface area (Å²) >= 11 is 0. The number of hydroxylamine groups is 1. The van der Waals surface area contributed by atoms with Gasteiger partial charge in [0, 0.05) is 45.2 Å². The second kappa shape index (κ2) is 8.82. The highest BCUT2D eigenvalue weighted by molar-refractivity contribution is 5.83. The normalized spacial score (nSPS) is 39.9. The molecule has 2 amide bonds. The van der Waals surface area contributed by atoms with Crippen LogP contribution in [0.5, 0.6) is 0 Å². The Morgan fingerprint density at radius 2 is 1.84 bits per heavy atom. The van der Waals surface area contributed by atoms with E-state index in [0.717, 1.165) is 58.3 Å². The minimum Gasteiger partial charge on any atom is -0.453 e. The Labute approximate surface area is 183 Å². The monoisotopic (exact) mass is 436 g/mol. The topological polar surface area (TPSA) is 98.4 Å². The van der Waals surface area contributed by atoms with E-state index in [1.807, 2.05) is 11.9 Å². The van der Waals surface area contributed by atoms with E-state index in [-0.39, 0.29) is 30.4 Å². The van der Waals surface area contributed by atoms with Crippen LogP contribution in [-0.2, 0) is 14.4 Å². The second-order valence-electron chi connectivity index (χ2n) is 9.83. The van der Waals surface area contributed by atoms with Crippen molar-refractivity contribution in [1.82, 2.24) is 31.0 Å². The van der Waals surface area contributed by atoms with Crippen molar-refractivity contribution in [2.24, 2.45) is 17.8 Å². The zero-order chi connectivity index (χ0) is 21.5. The summed E-state index contributed by atoms with van der Waals surface area (Å²) < 4.78 is 4.84. The van der Waals surface area contributed by atoms with Gasteiger partial charge in [-0.1, -0.05) is 0 Å². The maximum atomic E-state index is 12.6. The first-order chi connectivity index (χ1) is 15.0. The van der Waals surface area contributed by atoms with Crippen LogP contribution in [0.4, 0.5) is 4.79 Å². The molecule has 31 heavy (non-hydrogen) atoms. The van der Waals surface area contributed by atoms with E-state index in [1.165, 1.54) is 13.5 Å². The van der Waals surface area contributed by atoms with Crippen molar-refractivity contribution in [3.8, 4) is 0 Å². The molecule has 4 saturated heterocycles. The fourth-order valence-electron chi connectivity index (χ4n) is 6.24. The molecule has 174 valence electrons. The Hall–Kier alpha value is -1.46. The van der Waals surface area contributed by atoms with Gasteiger partial charge in [0.15, 0.2) is 0 Å². The minimum atomic E-state index is -0.238. The standard InChI is InChI=1S/C21H36N6O4/c1-25-8-7-16(20(25)28)27-17-11-14(3-4-15(17)12-22-27)19-23-18(24-31-19)13-5-9-26(10-6-13)21(29)30-2/h13-19,22-24H,3-12H2,1-2H3. The highest BCUT2D eigenvalue weighted by Crippen LogP contribution is 2.39. The molecule has 6 atom stereocenters. The smallest absolute Gasteiger partial charge is 0.409 e. The molecule has 5 aliphatic rings. The molecule has 1 saturated carbocycles. The number of carbonyl (C=O) groups excluding carboxylic acids is 2. The molecule has 0 spiro atoms. The molecule has 0 aromatic rings. The summed E-state index contributed by atoms with van der Waals surface area (Å²) in [6.07, 6.45) is 5.99. The first-order valence-corrected chi connectivity index (χ1v) is 11.8. The van der Waals surface area contributed by atoms with Crippen LogP contribution < -0.4 is 16.2 Å². The summed E-state index contributed by atoms with van der Waals surface area (Å²) in [5, 5.41) is 5.96. The maximum Gasteiger partial charge on any atom is 0.409 e. The van der Waals surface area contributed by atoms with E-state index >= 15 is 0 Å². The molecular formula is C21H36N6O4. The number of ether oxygens (including phenoxy) is 1. The van der Waals surface area contributed by atoms with Gasteiger partial charge >= 0.3 is 6.09 Å². The molecule has 0 aromatic heterocycles. The predicted molar refractivity (Wildman–Crippen MR) is 112 cm³/mol. The number of likely N-dealkylation sites (N-methyl/N-ethyl adjacent to an activating group) is 1. The number of nitrogens with zero attached hydrogens (tertiary/aromatic N) is 3. The molecule has 0 aromatic carbocycles. The third-order valence-corrected chi connectivity index (χ3v) is 8.16. The van der Waals surface area contributed by atoms with Crippen LogP contribution in [0.3, 0.4) is 0 Å². The number of carbonyl (C=O) groups is 2. The number of rotatable bonds is 3. The Bertz CT molecular complexity index is 687. The van der Waals surface area contributed by atoms with Gasteiger partial charge in [0.25, 0.3) is 0 Å². The quantitative estimate of drug-likeness (QED) is 0.572. The van der Waals surface area contributed by atoms with Gasteiger partial charge < -0.3 is 14.5 Å². The van der Waals surface area contributed by atoms with Crippen molar-refractivity contribution in [1.29, 1.82) is 0 Å². The van der Waals surface area contributed by atoms with E-state index in [4.69, 9.17) is 9.57 Å². The number of hydrazine groups is 1. The maximum absolute atomic E-state index is 12.6. The van der Waals surface area contributed by atoms with Crippen molar-refractivity contribution >= 4 is 12.0 Å². The number of likely N-dealkylation sites (tertiary alicyclic amines) is 2. The first-order valence-electron chi connectivity index (χ1n) is 11.8. The highest BCUT2D eigenvalue weighted by atomic mass is 16.7. The minimum absolute atomic E-state index is 0.00556. The molecule has 1 aliphatic carbocycles. The van der Waals surface area contributed by atoms with Gasteiger partial charge in [0.2, 0.25) is 5.91 Å². The largest absolute Gasteiger partial charge is 0.453 e. The lowest BCUT2D eigenvalue weighted by Gasteiger charge is -2.38. The van der Waals surface area contributed by atoms with Gasteiger partial charge in [-0.25, -0.2) is 9.80 Å². The third-order valence-electron chi connectivity index (χ3n) is 8.16. The number of hydrogen-bond donors (Lipinski definition) is 3. The lowest BCUT2D eigenvalue weighted by atomic mass is 9.77. The molecule has 4 heterocycles. The molecule has 10 nitrogen and oxygen atoms in total. The summed E-state index contributed by atoms with van der Waals surface area (Å²) in [5.74, 6) is 1.71. The van der Waals surface area contributed by atoms with E-state index in [2.05, 4.69) is 21.2 Å². The van der Waals surface area contributed by atoms with Gasteiger partial charge in [-0.15, -0.1) is 0 Å². The molecule has 0 radical (unpaired) electrons. The molecule has 5 rings (SSSR count). The molecule has 0 bridgehead atoms. The number of nitrogens with one attached hydrogen (secondary N) is 3. The number of fused-ring (bicyclic) bond motifs is 1. The summed E-state index contributed by atoms with van der Waals surface area (Å²) in [4.78, 5) is 33.9. The van der Waals surface area contributed by atoms with Crippen LogP contribution >= 0.6 is 0 Å². The van der Waals surface area contributed by atoms with Crippen molar-refractivity contribution in [2.75, 3.05) is 40.3 Å². The van der Waals surface area contributed by atoms with Crippen molar-refractivity contribution in [3.63, 3.8) is 0 Å². The van der Waals surface area contributed by atoms with E-state index < -0.39 is 0 Å². The van der Waals surface area contributed by atoms with E-state index in [0.29, 0.717) is 23.8 Å². The third kappa shape index (κ3) is 4.04. The molecule has 10 heteroatoms. The molecule has 6 unspecified atom stereocenters. The summed E-state index contributed by atoms with van der Waals surface area (Å²) in [7, 11) is 3.33. The lowest BCUT2D eigenvalue weighted by molar-refractivity contribution is -0.133. The zero-order valence-corrected chi connectivity index (χ0v) is 18.6. The first kappa shape index (κ1) is 21.4. The van der Waals surface area contributed by atoms with Crippen molar-refractivity contribution in [2.45, 2.75) is 63.0 Å². The van der Waals surface area contributed by atoms with Gasteiger partial charge in [0.1, 0.15) is 12.3 Å². The summed E-state index contributed by atoms with van der Waals surface area (Å²) in [6.45, 7) is 3.26. The van der Waals surface area contributed by atoms with Gasteiger partial charge in [0.05, 0.1) is 13.3 Å². The predicted octanol–water partition coefficient (Wildman–Crippen LogP) is 0.0772. The van der Waals surface area contributed by atoms with Crippen LogP contribution in [-0.4, -0.2) is 91.6 Å². The fraction of sp³-hybridized carbons (Fsp3) is 0.905. The van der Waals surface area contributed by atoms with Crippen LogP contribution in [0.2, 0.25) is 0 Å². The van der Waals surface area contributed by atoms with Gasteiger partial charge in [-0.3, -0.25) is 20.4 Å². The zero-order valence-electron chi connectivity index (χ0n) is 18.6. The van der Waals surface area contributed by atoms with Gasteiger partial charge in [-0.2, -0.15) is 5.48 Å². The van der Waals surface area contributed by atoms with Crippen LogP contribution in [0.15, 0.2) is 0 Å². The Morgan fingerprint density at radius 1 is 1.06 bits per heavy atom. The Balaban J connectivity index is 1.15. The van der Waals surface area contributed by atoms with Crippen LogP contribution in [0.1, 0.15) is 38.5 Å². The average Bonchev–Trinajstić information content (AvgIpc) is 3.52. The highest BCUT2D eigenvalue weighted by Gasteiger charge is 2.48. The summed E-state index contributed by atoms with van der Waals surface area (Å²) in [6, 6.07) is 0.369. The second-order valence-corrected chi connectivity index (χ2v) is 9.83. The van der Waals surface area contributed by atoms with Crippen LogP contribution in [0, 0.1) is 17.8 Å². The SMILES string of the molecule is COC(=O)N1CCC(C2NOC(C3CCC4CNN(C5CCN(C)C5=O)C4C3)N2)CC1. The van der Waals surface area contributed by atoms with Crippen molar-refractivity contribution in [3.05, 3.63) is 0 Å². The molecule has 3 N–H and O–H groups in total. The molecule has 4 aliphatic heterocycles.